The maximum absolute atomic E-state index is 11.2. The van der Waals surface area contributed by atoms with E-state index >= 15 is 0 Å². The van der Waals surface area contributed by atoms with Gasteiger partial charge >= 0.3 is 5.97 Å². The normalized spacial score (nSPS) is 18.6. The number of pyridine rings is 1. The van der Waals surface area contributed by atoms with Crippen molar-refractivity contribution in [2.75, 3.05) is 26.2 Å². The van der Waals surface area contributed by atoms with Crippen molar-refractivity contribution in [1.29, 1.82) is 0 Å². The average molecular weight is 235 g/mol. The zero-order chi connectivity index (χ0) is 12.1. The molecule has 0 amide bonds. The molecule has 0 aromatic carbocycles. The molecular formula is C12H17N3O2. The van der Waals surface area contributed by atoms with Gasteiger partial charge in [0.05, 0.1) is 0 Å². The number of aromatic nitrogens is 1. The van der Waals surface area contributed by atoms with Crippen LogP contribution in [-0.4, -0.2) is 42.0 Å². The van der Waals surface area contributed by atoms with Gasteiger partial charge in [0.15, 0.2) is 6.23 Å². The second-order valence-electron chi connectivity index (χ2n) is 4.03. The highest BCUT2D eigenvalue weighted by Gasteiger charge is 2.24. The summed E-state index contributed by atoms with van der Waals surface area (Å²) in [5, 5.41) is 3.28. The Kier molecular flexibility index (Phi) is 4.06. The van der Waals surface area contributed by atoms with Gasteiger partial charge in [-0.25, -0.2) is 0 Å². The van der Waals surface area contributed by atoms with E-state index in [1.807, 2.05) is 12.1 Å². The van der Waals surface area contributed by atoms with Crippen LogP contribution in [0.4, 0.5) is 0 Å². The van der Waals surface area contributed by atoms with Gasteiger partial charge < -0.3 is 10.1 Å². The zero-order valence-electron chi connectivity index (χ0n) is 9.93. The Morgan fingerprint density at radius 2 is 2.29 bits per heavy atom. The number of nitrogens with one attached hydrogen (secondary N) is 1. The number of carbonyl (C=O) groups is 1. The molecule has 0 spiro atoms. The van der Waals surface area contributed by atoms with Crippen molar-refractivity contribution >= 4 is 5.97 Å². The molecule has 0 aliphatic carbocycles. The molecule has 2 heterocycles. The van der Waals surface area contributed by atoms with E-state index in [2.05, 4.69) is 15.2 Å². The first-order valence-corrected chi connectivity index (χ1v) is 5.79. The molecule has 17 heavy (non-hydrogen) atoms. The van der Waals surface area contributed by atoms with Gasteiger partial charge in [0.1, 0.15) is 0 Å². The molecule has 1 saturated heterocycles. The van der Waals surface area contributed by atoms with Crippen molar-refractivity contribution in [3.63, 3.8) is 0 Å². The van der Waals surface area contributed by atoms with Gasteiger partial charge in [-0.2, -0.15) is 0 Å². The summed E-state index contributed by atoms with van der Waals surface area (Å²) < 4.78 is 5.40. The maximum Gasteiger partial charge on any atom is 0.304 e. The first-order valence-electron chi connectivity index (χ1n) is 5.79. The average Bonchev–Trinajstić information content (AvgIpc) is 2.38. The topological polar surface area (TPSA) is 54.5 Å². The van der Waals surface area contributed by atoms with Crippen LogP contribution in [0.15, 0.2) is 24.5 Å². The second kappa shape index (κ2) is 5.75. The van der Waals surface area contributed by atoms with Crippen molar-refractivity contribution in [2.24, 2.45) is 0 Å². The molecular weight excluding hydrogens is 218 g/mol. The van der Waals surface area contributed by atoms with Crippen LogP contribution in [0.5, 0.6) is 0 Å². The molecule has 1 atom stereocenters. The van der Waals surface area contributed by atoms with Crippen LogP contribution in [-0.2, 0) is 9.53 Å². The third-order valence-electron chi connectivity index (χ3n) is 2.73. The molecule has 5 heteroatoms. The van der Waals surface area contributed by atoms with Gasteiger partial charge in [-0.1, -0.05) is 6.07 Å². The summed E-state index contributed by atoms with van der Waals surface area (Å²) in [6.07, 6.45) is 3.14. The largest absolute Gasteiger partial charge is 0.442 e. The van der Waals surface area contributed by atoms with Gasteiger partial charge in [0, 0.05) is 51.1 Å². The fourth-order valence-corrected chi connectivity index (χ4v) is 1.95. The summed E-state index contributed by atoms with van der Waals surface area (Å²) in [7, 11) is 0. The van der Waals surface area contributed by atoms with Crippen molar-refractivity contribution in [3.8, 4) is 0 Å². The van der Waals surface area contributed by atoms with Crippen LogP contribution in [0, 0.1) is 0 Å². The minimum Gasteiger partial charge on any atom is -0.442 e. The summed E-state index contributed by atoms with van der Waals surface area (Å²) in [5.74, 6) is -0.266. The third-order valence-corrected chi connectivity index (χ3v) is 2.73. The quantitative estimate of drug-likeness (QED) is 0.775. The summed E-state index contributed by atoms with van der Waals surface area (Å²) in [6.45, 7) is 5.00. The number of carbonyl (C=O) groups excluding carboxylic acids is 1. The highest BCUT2D eigenvalue weighted by Crippen LogP contribution is 2.21. The summed E-state index contributed by atoms with van der Waals surface area (Å²) in [6, 6.07) is 3.79. The Bertz CT molecular complexity index is 363. The van der Waals surface area contributed by atoms with Gasteiger partial charge in [0.25, 0.3) is 0 Å². The fourth-order valence-electron chi connectivity index (χ4n) is 1.95. The van der Waals surface area contributed by atoms with E-state index in [9.17, 15) is 4.79 Å². The van der Waals surface area contributed by atoms with Crippen LogP contribution in [0.25, 0.3) is 0 Å². The molecule has 5 nitrogen and oxygen atoms in total. The number of piperazine rings is 1. The minimum atomic E-state index is -0.316. The van der Waals surface area contributed by atoms with Crippen LogP contribution in [0.3, 0.4) is 0 Å². The Morgan fingerprint density at radius 3 is 2.88 bits per heavy atom. The van der Waals surface area contributed by atoms with E-state index < -0.39 is 0 Å². The van der Waals surface area contributed by atoms with Gasteiger partial charge in [-0.3, -0.25) is 14.7 Å². The van der Waals surface area contributed by atoms with E-state index in [0.29, 0.717) is 0 Å². The molecule has 1 aromatic rings. The minimum absolute atomic E-state index is 0.266. The zero-order valence-corrected chi connectivity index (χ0v) is 9.93. The summed E-state index contributed by atoms with van der Waals surface area (Å²) >= 11 is 0. The van der Waals surface area contributed by atoms with Gasteiger partial charge in [-0.05, 0) is 6.07 Å². The smallest absolute Gasteiger partial charge is 0.304 e. The van der Waals surface area contributed by atoms with Crippen molar-refractivity contribution in [2.45, 2.75) is 13.2 Å². The molecule has 1 aromatic heterocycles. The number of hydrogen-bond acceptors (Lipinski definition) is 5. The van der Waals surface area contributed by atoms with E-state index in [1.165, 1.54) is 6.92 Å². The molecule has 92 valence electrons. The van der Waals surface area contributed by atoms with Gasteiger partial charge in [-0.15, -0.1) is 0 Å². The van der Waals surface area contributed by atoms with E-state index in [-0.39, 0.29) is 12.2 Å². The number of esters is 1. The lowest BCUT2D eigenvalue weighted by atomic mass is 10.2. The second-order valence-corrected chi connectivity index (χ2v) is 4.03. The molecule has 1 aliphatic heterocycles. The standard InChI is InChI=1S/C12H17N3O2/c1-10(16)17-12(11-3-2-4-14-9-11)15-7-5-13-6-8-15/h2-4,9,12-13H,5-8H2,1H3. The molecule has 1 fully saturated rings. The number of hydrogen-bond donors (Lipinski definition) is 1. The van der Waals surface area contributed by atoms with Crippen LogP contribution in [0.1, 0.15) is 18.7 Å². The molecule has 1 N–H and O–H groups in total. The Morgan fingerprint density at radius 1 is 1.53 bits per heavy atom. The third kappa shape index (κ3) is 3.25. The van der Waals surface area contributed by atoms with Gasteiger partial charge in [0.2, 0.25) is 0 Å². The first-order chi connectivity index (χ1) is 8.27. The van der Waals surface area contributed by atoms with E-state index in [4.69, 9.17) is 4.74 Å². The SMILES string of the molecule is CC(=O)OC(c1cccnc1)N1CCNCC1. The van der Waals surface area contributed by atoms with Crippen molar-refractivity contribution in [1.82, 2.24) is 15.2 Å². The molecule has 0 bridgehead atoms. The van der Waals surface area contributed by atoms with Crippen LogP contribution in [0.2, 0.25) is 0 Å². The number of rotatable bonds is 3. The lowest BCUT2D eigenvalue weighted by Crippen LogP contribution is -2.46. The Balaban J connectivity index is 2.15. The van der Waals surface area contributed by atoms with E-state index in [1.54, 1.807) is 12.4 Å². The Labute approximate surface area is 101 Å². The Hall–Kier alpha value is -1.46. The first kappa shape index (κ1) is 12.0. The number of ether oxygens (including phenoxy) is 1. The molecule has 1 unspecified atom stereocenters. The summed E-state index contributed by atoms with van der Waals surface area (Å²) in [5.41, 5.74) is 0.921. The predicted molar refractivity (Wildman–Crippen MR) is 63.2 cm³/mol. The monoisotopic (exact) mass is 235 g/mol. The van der Waals surface area contributed by atoms with E-state index in [0.717, 1.165) is 31.7 Å². The molecule has 0 saturated carbocycles. The lowest BCUT2D eigenvalue weighted by Gasteiger charge is -2.33. The molecule has 1 aliphatic rings. The molecule has 0 radical (unpaired) electrons. The van der Waals surface area contributed by atoms with Crippen LogP contribution >= 0.6 is 0 Å². The lowest BCUT2D eigenvalue weighted by molar-refractivity contribution is -0.158. The van der Waals surface area contributed by atoms with Crippen LogP contribution < -0.4 is 5.32 Å². The number of nitrogens with zero attached hydrogens (tertiary/aromatic N) is 2. The fraction of sp³-hybridized carbons (Fsp3) is 0.500. The maximum atomic E-state index is 11.2. The highest BCUT2D eigenvalue weighted by molar-refractivity contribution is 5.66. The van der Waals surface area contributed by atoms with Crippen molar-refractivity contribution < 1.29 is 9.53 Å². The predicted octanol–water partition coefficient (Wildman–Crippen LogP) is 0.548. The highest BCUT2D eigenvalue weighted by atomic mass is 16.6. The summed E-state index contributed by atoms with van der Waals surface area (Å²) in [4.78, 5) is 17.4. The van der Waals surface area contributed by atoms with Crippen molar-refractivity contribution in [3.05, 3.63) is 30.1 Å². The molecule has 2 rings (SSSR count).